The molecule has 110 valence electrons. The normalized spacial score (nSPS) is 13.8. The molecule has 1 aromatic rings. The van der Waals surface area contributed by atoms with E-state index in [9.17, 15) is 9.59 Å². The molecule has 0 fully saturated rings. The van der Waals surface area contributed by atoms with E-state index < -0.39 is 5.97 Å². The van der Waals surface area contributed by atoms with Crippen molar-refractivity contribution in [2.45, 2.75) is 0 Å². The Balaban J connectivity index is 1.84. The second-order valence-electron chi connectivity index (χ2n) is 4.57. The van der Waals surface area contributed by atoms with Gasteiger partial charge in [0.2, 0.25) is 5.91 Å². The molecular formula is C15H17N3O3. The molecule has 6 heteroatoms. The van der Waals surface area contributed by atoms with Gasteiger partial charge in [-0.05, 0) is 17.7 Å². The number of rotatable bonds is 6. The minimum Gasteiger partial charge on any atom is -0.478 e. The molecule has 0 saturated heterocycles. The monoisotopic (exact) mass is 287 g/mol. The number of amides is 1. The Bertz CT molecular complexity index is 581. The van der Waals surface area contributed by atoms with Crippen LogP contribution in [0.1, 0.15) is 15.9 Å². The van der Waals surface area contributed by atoms with Gasteiger partial charge in [-0.15, -0.1) is 0 Å². The van der Waals surface area contributed by atoms with Gasteiger partial charge in [0.1, 0.15) is 0 Å². The number of aliphatic imine (C=N–C) groups is 1. The Kier molecular flexibility index (Phi) is 5.09. The Morgan fingerprint density at radius 1 is 1.38 bits per heavy atom. The van der Waals surface area contributed by atoms with Crippen LogP contribution in [-0.2, 0) is 4.79 Å². The van der Waals surface area contributed by atoms with Crippen LogP contribution in [-0.4, -0.2) is 54.4 Å². The zero-order chi connectivity index (χ0) is 15.1. The SMILES string of the molecule is O=C(/C=C/c1ccccc1C(=O)O)NCCN1C=NCC1. The van der Waals surface area contributed by atoms with E-state index in [1.54, 1.807) is 24.5 Å². The summed E-state index contributed by atoms with van der Waals surface area (Å²) in [6, 6.07) is 6.55. The van der Waals surface area contributed by atoms with Crippen LogP contribution in [0, 0.1) is 0 Å². The minimum atomic E-state index is -1.01. The van der Waals surface area contributed by atoms with E-state index in [-0.39, 0.29) is 11.5 Å². The van der Waals surface area contributed by atoms with Gasteiger partial charge in [-0.2, -0.15) is 0 Å². The fraction of sp³-hybridized carbons (Fsp3) is 0.267. The summed E-state index contributed by atoms with van der Waals surface area (Å²) >= 11 is 0. The number of carbonyl (C=O) groups is 2. The summed E-state index contributed by atoms with van der Waals surface area (Å²) in [5.41, 5.74) is 0.682. The molecule has 0 radical (unpaired) electrons. The van der Waals surface area contributed by atoms with Gasteiger partial charge >= 0.3 is 5.97 Å². The first-order chi connectivity index (χ1) is 10.2. The Labute approximate surface area is 122 Å². The summed E-state index contributed by atoms with van der Waals surface area (Å²) in [6.45, 7) is 2.93. The number of hydrogen-bond donors (Lipinski definition) is 2. The average molecular weight is 287 g/mol. The van der Waals surface area contributed by atoms with Crippen LogP contribution in [0.4, 0.5) is 0 Å². The number of carboxylic acids is 1. The van der Waals surface area contributed by atoms with Crippen molar-refractivity contribution in [1.29, 1.82) is 0 Å². The Morgan fingerprint density at radius 3 is 2.90 bits per heavy atom. The molecule has 1 aliphatic heterocycles. The van der Waals surface area contributed by atoms with Crippen molar-refractivity contribution in [1.82, 2.24) is 10.2 Å². The van der Waals surface area contributed by atoms with Crippen LogP contribution in [0.25, 0.3) is 6.08 Å². The molecule has 6 nitrogen and oxygen atoms in total. The van der Waals surface area contributed by atoms with E-state index in [4.69, 9.17) is 5.11 Å². The number of carboxylic acid groups (broad SMARTS) is 1. The molecule has 0 bridgehead atoms. The molecule has 2 N–H and O–H groups in total. The highest BCUT2D eigenvalue weighted by Gasteiger charge is 2.07. The predicted octanol–water partition coefficient (Wildman–Crippen LogP) is 0.858. The van der Waals surface area contributed by atoms with Gasteiger partial charge in [0.05, 0.1) is 18.4 Å². The third-order valence-corrected chi connectivity index (χ3v) is 3.06. The third kappa shape index (κ3) is 4.45. The zero-order valence-electron chi connectivity index (χ0n) is 11.5. The van der Waals surface area contributed by atoms with Crippen molar-refractivity contribution in [3.8, 4) is 0 Å². The molecule has 0 spiro atoms. The smallest absolute Gasteiger partial charge is 0.336 e. The molecular weight excluding hydrogens is 270 g/mol. The first-order valence-electron chi connectivity index (χ1n) is 6.69. The summed E-state index contributed by atoms with van der Waals surface area (Å²) in [5.74, 6) is -1.25. The van der Waals surface area contributed by atoms with Crippen LogP contribution in [0.5, 0.6) is 0 Å². The average Bonchev–Trinajstić information content (AvgIpc) is 2.98. The highest BCUT2D eigenvalue weighted by atomic mass is 16.4. The van der Waals surface area contributed by atoms with Gasteiger partial charge < -0.3 is 15.3 Å². The molecule has 1 heterocycles. The van der Waals surface area contributed by atoms with Gasteiger partial charge in [-0.3, -0.25) is 9.79 Å². The van der Waals surface area contributed by atoms with Crippen molar-refractivity contribution >= 4 is 24.3 Å². The van der Waals surface area contributed by atoms with E-state index in [0.717, 1.165) is 19.6 Å². The van der Waals surface area contributed by atoms with Gasteiger partial charge in [0, 0.05) is 25.7 Å². The molecule has 1 aromatic carbocycles. The van der Waals surface area contributed by atoms with Gasteiger partial charge in [-0.1, -0.05) is 18.2 Å². The summed E-state index contributed by atoms with van der Waals surface area (Å²) in [7, 11) is 0. The number of aromatic carboxylic acids is 1. The predicted molar refractivity (Wildman–Crippen MR) is 80.4 cm³/mol. The van der Waals surface area contributed by atoms with E-state index in [1.807, 2.05) is 4.90 Å². The molecule has 2 rings (SSSR count). The highest BCUT2D eigenvalue weighted by Crippen LogP contribution is 2.10. The third-order valence-electron chi connectivity index (χ3n) is 3.06. The van der Waals surface area contributed by atoms with E-state index >= 15 is 0 Å². The van der Waals surface area contributed by atoms with E-state index in [0.29, 0.717) is 12.1 Å². The molecule has 0 aromatic heterocycles. The lowest BCUT2D eigenvalue weighted by Gasteiger charge is -2.13. The van der Waals surface area contributed by atoms with E-state index in [1.165, 1.54) is 18.2 Å². The Hall–Kier alpha value is -2.63. The second kappa shape index (κ2) is 7.23. The van der Waals surface area contributed by atoms with Crippen LogP contribution >= 0.6 is 0 Å². The first kappa shape index (κ1) is 14.8. The maximum Gasteiger partial charge on any atom is 0.336 e. The standard InChI is InChI=1S/C15H17N3O3/c19-14(17-8-10-18-9-7-16-11-18)6-5-12-3-1-2-4-13(12)15(20)21/h1-6,11H,7-10H2,(H,17,19)(H,20,21)/b6-5+. The lowest BCUT2D eigenvalue weighted by Crippen LogP contribution is -2.32. The number of nitrogens with one attached hydrogen (secondary N) is 1. The molecule has 0 atom stereocenters. The van der Waals surface area contributed by atoms with Crippen LogP contribution in [0.15, 0.2) is 35.3 Å². The van der Waals surface area contributed by atoms with Gasteiger partial charge in [-0.25, -0.2) is 4.79 Å². The number of nitrogens with zero attached hydrogens (tertiary/aromatic N) is 2. The molecule has 1 aliphatic rings. The zero-order valence-corrected chi connectivity index (χ0v) is 11.5. The van der Waals surface area contributed by atoms with E-state index in [2.05, 4.69) is 10.3 Å². The minimum absolute atomic E-state index is 0.176. The summed E-state index contributed by atoms with van der Waals surface area (Å²) in [5, 5.41) is 11.8. The maximum atomic E-state index is 11.7. The summed E-state index contributed by atoms with van der Waals surface area (Å²) in [6.07, 6.45) is 4.64. The lowest BCUT2D eigenvalue weighted by atomic mass is 10.1. The van der Waals surface area contributed by atoms with Crippen molar-refractivity contribution in [3.63, 3.8) is 0 Å². The largest absolute Gasteiger partial charge is 0.478 e. The number of benzene rings is 1. The van der Waals surface area contributed by atoms with Crippen molar-refractivity contribution in [3.05, 3.63) is 41.5 Å². The molecule has 0 aliphatic carbocycles. The quantitative estimate of drug-likeness (QED) is 0.760. The Morgan fingerprint density at radius 2 is 2.19 bits per heavy atom. The molecule has 0 saturated carbocycles. The van der Waals surface area contributed by atoms with Crippen LogP contribution in [0.3, 0.4) is 0 Å². The van der Waals surface area contributed by atoms with Crippen LogP contribution in [0.2, 0.25) is 0 Å². The maximum absolute atomic E-state index is 11.7. The number of carbonyl (C=O) groups excluding carboxylic acids is 1. The molecule has 21 heavy (non-hydrogen) atoms. The summed E-state index contributed by atoms with van der Waals surface area (Å²) < 4.78 is 0. The fourth-order valence-corrected chi connectivity index (χ4v) is 1.97. The molecule has 1 amide bonds. The number of hydrogen-bond acceptors (Lipinski definition) is 4. The van der Waals surface area contributed by atoms with Gasteiger partial charge in [0.25, 0.3) is 0 Å². The lowest BCUT2D eigenvalue weighted by molar-refractivity contribution is -0.116. The van der Waals surface area contributed by atoms with Gasteiger partial charge in [0.15, 0.2) is 0 Å². The highest BCUT2D eigenvalue weighted by molar-refractivity contribution is 5.96. The first-order valence-corrected chi connectivity index (χ1v) is 6.69. The van der Waals surface area contributed by atoms with Crippen molar-refractivity contribution in [2.24, 2.45) is 4.99 Å². The van der Waals surface area contributed by atoms with Crippen molar-refractivity contribution in [2.75, 3.05) is 26.2 Å². The fourth-order valence-electron chi connectivity index (χ4n) is 1.97. The topological polar surface area (TPSA) is 82.0 Å². The van der Waals surface area contributed by atoms with Crippen molar-refractivity contribution < 1.29 is 14.7 Å². The molecule has 0 unspecified atom stereocenters. The second-order valence-corrected chi connectivity index (χ2v) is 4.57. The van der Waals surface area contributed by atoms with Crippen LogP contribution < -0.4 is 5.32 Å². The summed E-state index contributed by atoms with van der Waals surface area (Å²) in [4.78, 5) is 28.8.